The molecule has 0 amide bonds. The molecule has 0 fully saturated rings. The first-order chi connectivity index (χ1) is 25.8. The largest absolute Gasteiger partial charge is 0.456 e. The van der Waals surface area contributed by atoms with E-state index in [1.807, 2.05) is 6.07 Å². The minimum absolute atomic E-state index is 0.434. The van der Waals surface area contributed by atoms with Crippen LogP contribution in [0.5, 0.6) is 11.5 Å². The van der Waals surface area contributed by atoms with E-state index in [1.54, 1.807) is 0 Å². The highest BCUT2D eigenvalue weighted by atomic mass is 16.5. The molecule has 1 heteroatoms. The van der Waals surface area contributed by atoms with Gasteiger partial charge in [-0.25, -0.2) is 0 Å². The third-order valence-corrected chi connectivity index (χ3v) is 11.9. The van der Waals surface area contributed by atoms with Crippen LogP contribution in [0.3, 0.4) is 0 Å². The fourth-order valence-corrected chi connectivity index (χ4v) is 9.90. The van der Waals surface area contributed by atoms with Crippen molar-refractivity contribution in [3.05, 3.63) is 204 Å². The minimum atomic E-state index is -0.434. The molecule has 1 spiro atoms. The van der Waals surface area contributed by atoms with Crippen LogP contribution in [0.15, 0.2) is 182 Å². The second kappa shape index (κ2) is 10.2. The van der Waals surface area contributed by atoms with Gasteiger partial charge in [0.1, 0.15) is 11.5 Å². The van der Waals surface area contributed by atoms with Crippen molar-refractivity contribution in [2.75, 3.05) is 0 Å². The van der Waals surface area contributed by atoms with Gasteiger partial charge in [0.2, 0.25) is 0 Å². The van der Waals surface area contributed by atoms with Crippen molar-refractivity contribution in [2.24, 2.45) is 0 Å². The lowest BCUT2D eigenvalue weighted by molar-refractivity contribution is 0.487. The lowest BCUT2D eigenvalue weighted by Crippen LogP contribution is -2.31. The zero-order valence-electron chi connectivity index (χ0n) is 28.2. The third-order valence-electron chi connectivity index (χ3n) is 11.9. The summed E-state index contributed by atoms with van der Waals surface area (Å²) >= 11 is 0. The molecular weight excluding hydrogens is 629 g/mol. The molecule has 0 saturated heterocycles. The van der Waals surface area contributed by atoms with Crippen LogP contribution in [0.25, 0.3) is 77.2 Å². The Kier molecular flexibility index (Phi) is 5.49. The minimum Gasteiger partial charge on any atom is -0.456 e. The predicted octanol–water partition coefficient (Wildman–Crippen LogP) is 13.4. The Bertz CT molecular complexity index is 3000. The van der Waals surface area contributed by atoms with Crippen LogP contribution in [-0.2, 0) is 5.41 Å². The molecular formula is C51H30O. The quantitative estimate of drug-likeness (QED) is 0.180. The molecule has 0 N–H and O–H groups in total. The van der Waals surface area contributed by atoms with E-state index in [1.165, 1.54) is 93.9 Å². The molecule has 0 bridgehead atoms. The lowest BCUT2D eigenvalue weighted by Gasteiger charge is -2.40. The average Bonchev–Trinajstić information content (AvgIpc) is 3.51. The van der Waals surface area contributed by atoms with Gasteiger partial charge in [0, 0.05) is 10.9 Å². The summed E-state index contributed by atoms with van der Waals surface area (Å²) in [6.45, 7) is 0. The first-order valence-corrected chi connectivity index (χ1v) is 18.1. The normalized spacial score (nSPS) is 15.5. The van der Waals surface area contributed by atoms with E-state index < -0.39 is 5.41 Å². The first-order valence-electron chi connectivity index (χ1n) is 18.1. The van der Waals surface area contributed by atoms with Gasteiger partial charge in [-0.05, 0) is 107 Å². The highest BCUT2D eigenvalue weighted by Gasteiger charge is 2.50. The van der Waals surface area contributed by atoms with Crippen molar-refractivity contribution < 1.29 is 4.74 Å². The number of hydrogen-bond acceptors (Lipinski definition) is 1. The second-order valence-electron chi connectivity index (χ2n) is 14.3. The van der Waals surface area contributed by atoms with Gasteiger partial charge in [-0.3, -0.25) is 0 Å². The van der Waals surface area contributed by atoms with E-state index in [-0.39, 0.29) is 0 Å². The predicted molar refractivity (Wildman–Crippen MR) is 214 cm³/mol. The molecule has 1 nitrogen and oxygen atoms in total. The molecule has 12 rings (SSSR count). The molecule has 1 unspecified atom stereocenters. The Labute approximate surface area is 302 Å². The average molecular weight is 659 g/mol. The summed E-state index contributed by atoms with van der Waals surface area (Å²) in [6, 6.07) is 67.3. The number of ether oxygens (including phenoxy) is 1. The van der Waals surface area contributed by atoms with Gasteiger partial charge in [0.25, 0.3) is 0 Å². The van der Waals surface area contributed by atoms with Gasteiger partial charge < -0.3 is 4.74 Å². The molecule has 0 saturated carbocycles. The van der Waals surface area contributed by atoms with Gasteiger partial charge in [-0.2, -0.15) is 0 Å². The molecule has 240 valence electrons. The van der Waals surface area contributed by atoms with Crippen LogP contribution in [-0.4, -0.2) is 0 Å². The van der Waals surface area contributed by atoms with Crippen LogP contribution < -0.4 is 4.74 Å². The molecule has 1 heterocycles. The number of para-hydroxylation sites is 1. The van der Waals surface area contributed by atoms with Crippen molar-refractivity contribution >= 4 is 21.5 Å². The summed E-state index contributed by atoms with van der Waals surface area (Å²) in [5.41, 5.74) is 17.5. The molecule has 3 aliphatic rings. The molecule has 9 aromatic carbocycles. The Hall–Kier alpha value is -6.70. The maximum atomic E-state index is 6.44. The van der Waals surface area contributed by atoms with Gasteiger partial charge in [-0.15, -0.1) is 0 Å². The molecule has 1 atom stereocenters. The molecule has 0 aromatic heterocycles. The lowest BCUT2D eigenvalue weighted by atomic mass is 9.61. The van der Waals surface area contributed by atoms with E-state index in [9.17, 15) is 0 Å². The topological polar surface area (TPSA) is 9.23 Å². The first kappa shape index (κ1) is 28.0. The zero-order valence-corrected chi connectivity index (χ0v) is 28.2. The fraction of sp³-hybridized carbons (Fsp3) is 0.0196. The number of fused-ring (bicyclic) bond motifs is 11. The summed E-state index contributed by atoms with van der Waals surface area (Å²) in [7, 11) is 0. The van der Waals surface area contributed by atoms with E-state index >= 15 is 0 Å². The molecule has 2 aliphatic carbocycles. The van der Waals surface area contributed by atoms with Crippen molar-refractivity contribution in [3.8, 4) is 67.1 Å². The second-order valence-corrected chi connectivity index (χ2v) is 14.3. The summed E-state index contributed by atoms with van der Waals surface area (Å²) in [5, 5.41) is 5.02. The Balaban J connectivity index is 1.11. The number of benzene rings is 9. The van der Waals surface area contributed by atoms with Gasteiger partial charge in [0.05, 0.1) is 5.41 Å². The molecule has 1 aliphatic heterocycles. The molecule has 0 radical (unpaired) electrons. The summed E-state index contributed by atoms with van der Waals surface area (Å²) in [4.78, 5) is 0. The molecule has 9 aromatic rings. The van der Waals surface area contributed by atoms with Crippen molar-refractivity contribution in [1.82, 2.24) is 0 Å². The summed E-state index contributed by atoms with van der Waals surface area (Å²) in [6.07, 6.45) is 0. The van der Waals surface area contributed by atoms with Crippen molar-refractivity contribution in [3.63, 3.8) is 0 Å². The number of rotatable bonds is 2. The Morgan fingerprint density at radius 1 is 0.327 bits per heavy atom. The highest BCUT2D eigenvalue weighted by Crippen LogP contribution is 2.63. The van der Waals surface area contributed by atoms with Crippen LogP contribution in [0.4, 0.5) is 0 Å². The van der Waals surface area contributed by atoms with E-state index in [0.717, 1.165) is 17.1 Å². The van der Waals surface area contributed by atoms with Crippen LogP contribution >= 0.6 is 0 Å². The van der Waals surface area contributed by atoms with Crippen LogP contribution in [0.1, 0.15) is 22.3 Å². The number of hydrogen-bond donors (Lipinski definition) is 0. The standard InChI is InChI=1S/C51H30O/c1-4-23-42-36(16-1)39-20-8-12-31-13-9-25-44(48(31)39)51(42)43-24-5-2-18-41(43)49-35(19-11-26-45(49)51)33-15-7-14-32(30-33)34-28-29-47-50-38(34)21-10-22-40(50)37-17-3-6-27-46(37)52-47/h1-30H. The van der Waals surface area contributed by atoms with E-state index in [2.05, 4.69) is 176 Å². The zero-order chi connectivity index (χ0) is 34.0. The smallest absolute Gasteiger partial charge is 0.135 e. The Morgan fingerprint density at radius 3 is 1.77 bits per heavy atom. The van der Waals surface area contributed by atoms with Crippen molar-refractivity contribution in [1.29, 1.82) is 0 Å². The van der Waals surface area contributed by atoms with Crippen molar-refractivity contribution in [2.45, 2.75) is 5.41 Å². The summed E-state index contributed by atoms with van der Waals surface area (Å²) in [5.74, 6) is 1.82. The maximum absolute atomic E-state index is 6.44. The van der Waals surface area contributed by atoms with Gasteiger partial charge >= 0.3 is 0 Å². The monoisotopic (exact) mass is 658 g/mol. The van der Waals surface area contributed by atoms with Crippen LogP contribution in [0, 0.1) is 0 Å². The fourth-order valence-electron chi connectivity index (χ4n) is 9.90. The van der Waals surface area contributed by atoms with E-state index in [4.69, 9.17) is 4.74 Å². The van der Waals surface area contributed by atoms with Gasteiger partial charge in [0.15, 0.2) is 0 Å². The van der Waals surface area contributed by atoms with E-state index in [0.29, 0.717) is 0 Å². The van der Waals surface area contributed by atoms with Gasteiger partial charge in [-0.1, -0.05) is 164 Å². The Morgan fingerprint density at radius 2 is 0.904 bits per heavy atom. The third kappa shape index (κ3) is 3.48. The summed E-state index contributed by atoms with van der Waals surface area (Å²) < 4.78 is 6.44. The van der Waals surface area contributed by atoms with Crippen LogP contribution in [0.2, 0.25) is 0 Å². The maximum Gasteiger partial charge on any atom is 0.135 e. The SMILES string of the molecule is c1cc(-c2cccc3c2-c2ccccc2C32c3ccccc3-c3cccc4cccc2c34)cc(-c2ccc3c4c(cccc24)-c2ccccc2O3)c1. The molecule has 52 heavy (non-hydrogen) atoms. The highest BCUT2D eigenvalue weighted by molar-refractivity contribution is 6.11.